The molecule has 1 aliphatic heterocycles. The lowest BCUT2D eigenvalue weighted by molar-refractivity contribution is -0.202. The number of esters is 1. The van der Waals surface area contributed by atoms with Crippen LogP contribution in [0, 0.1) is 0 Å². The van der Waals surface area contributed by atoms with Crippen molar-refractivity contribution >= 4 is 30.1 Å². The SMILES string of the molecule is CC(C)OC(=O)[C@H](C)N[PH](=O)OC[C@@]1(F)O[C@@H](n2cc(Br)c(=O)[nH]c2=O)[C@](C)(F)[C@@H]1O. The molecule has 0 aliphatic carbocycles. The van der Waals surface area contributed by atoms with Crippen LogP contribution in [-0.2, 0) is 23.4 Å². The third-order valence-electron chi connectivity index (χ3n) is 4.35. The summed E-state index contributed by atoms with van der Waals surface area (Å²) >= 11 is 2.86. The van der Waals surface area contributed by atoms with Crippen LogP contribution in [0.2, 0.25) is 0 Å². The largest absolute Gasteiger partial charge is 0.462 e. The molecule has 0 aromatic carbocycles. The van der Waals surface area contributed by atoms with Crippen molar-refractivity contribution in [2.45, 2.75) is 63.7 Å². The van der Waals surface area contributed by atoms with Gasteiger partial charge in [-0.3, -0.25) is 23.7 Å². The third kappa shape index (κ3) is 5.68. The second kappa shape index (κ2) is 9.59. The number of aromatic amines is 1. The second-order valence-corrected chi connectivity index (χ2v) is 9.39. The summed E-state index contributed by atoms with van der Waals surface area (Å²) in [6, 6.07) is -1.05. The molecule has 1 unspecified atom stereocenters. The first kappa shape index (κ1) is 25.8. The van der Waals surface area contributed by atoms with E-state index in [4.69, 9.17) is 14.0 Å². The van der Waals surface area contributed by atoms with Crippen molar-refractivity contribution in [3.8, 4) is 0 Å². The van der Waals surface area contributed by atoms with Crippen molar-refractivity contribution in [3.05, 3.63) is 31.5 Å². The topological polar surface area (TPSA) is 149 Å². The summed E-state index contributed by atoms with van der Waals surface area (Å²) in [5.41, 5.74) is -4.74. The van der Waals surface area contributed by atoms with Crippen molar-refractivity contribution in [1.29, 1.82) is 0 Å². The first-order valence-corrected chi connectivity index (χ1v) is 11.2. The average molecular weight is 534 g/mol. The summed E-state index contributed by atoms with van der Waals surface area (Å²) in [5.74, 6) is -3.91. The molecule has 1 saturated heterocycles. The van der Waals surface area contributed by atoms with Crippen LogP contribution in [-0.4, -0.2) is 57.0 Å². The first-order chi connectivity index (χ1) is 14.2. The van der Waals surface area contributed by atoms with Crippen molar-refractivity contribution in [2.75, 3.05) is 6.61 Å². The van der Waals surface area contributed by atoms with Gasteiger partial charge in [0.25, 0.3) is 19.6 Å². The number of H-pyrrole nitrogens is 1. The Morgan fingerprint density at radius 2 is 2.06 bits per heavy atom. The Hall–Kier alpha value is -1.44. The van der Waals surface area contributed by atoms with E-state index in [1.807, 2.05) is 4.98 Å². The number of hydrogen-bond acceptors (Lipinski definition) is 8. The Morgan fingerprint density at radius 1 is 1.45 bits per heavy atom. The number of ether oxygens (including phenoxy) is 2. The molecule has 1 aromatic rings. The van der Waals surface area contributed by atoms with Crippen LogP contribution >= 0.6 is 24.1 Å². The standard InChI is InChI=1S/C16H23BrF2N3O8P/c1-7(2)29-11(24)8(3)21-31(27)28-6-16(19)12(25)15(4,18)13(30-16)22-5-9(17)10(23)20-14(22)26/h5,7-8,12-13,25,31H,6H2,1-4H3,(H,21,27)(H,20,23,26)/t8-,12-,13+,15+,16+/m0/s1. The molecule has 0 radical (unpaired) electrons. The molecule has 0 saturated carbocycles. The number of halogens is 3. The normalized spacial score (nSPS) is 30.4. The average Bonchev–Trinajstić information content (AvgIpc) is 2.83. The van der Waals surface area contributed by atoms with E-state index >= 15 is 8.78 Å². The summed E-state index contributed by atoms with van der Waals surface area (Å²) in [5, 5.41) is 12.4. The van der Waals surface area contributed by atoms with Crippen molar-refractivity contribution in [3.63, 3.8) is 0 Å². The van der Waals surface area contributed by atoms with Crippen LogP contribution in [0.5, 0.6) is 0 Å². The molecule has 31 heavy (non-hydrogen) atoms. The van der Waals surface area contributed by atoms with Gasteiger partial charge in [-0.1, -0.05) is 0 Å². The predicted molar refractivity (Wildman–Crippen MR) is 107 cm³/mol. The van der Waals surface area contributed by atoms with E-state index in [9.17, 15) is 24.1 Å². The molecular formula is C16H23BrF2N3O8P. The molecule has 2 heterocycles. The van der Waals surface area contributed by atoms with Gasteiger partial charge in [-0.05, 0) is 43.6 Å². The van der Waals surface area contributed by atoms with E-state index in [1.54, 1.807) is 13.8 Å². The van der Waals surface area contributed by atoms with Gasteiger partial charge in [0.05, 0.1) is 10.6 Å². The highest BCUT2D eigenvalue weighted by Crippen LogP contribution is 2.48. The molecular weight excluding hydrogens is 511 g/mol. The van der Waals surface area contributed by atoms with E-state index in [-0.39, 0.29) is 4.47 Å². The lowest BCUT2D eigenvalue weighted by atomic mass is 9.97. The maximum Gasteiger partial charge on any atom is 0.330 e. The van der Waals surface area contributed by atoms with Gasteiger partial charge in [0.1, 0.15) is 12.6 Å². The van der Waals surface area contributed by atoms with Crippen LogP contribution in [0.15, 0.2) is 20.3 Å². The lowest BCUT2D eigenvalue weighted by Crippen LogP contribution is -2.47. The van der Waals surface area contributed by atoms with E-state index in [0.717, 1.165) is 13.1 Å². The van der Waals surface area contributed by atoms with Gasteiger partial charge in [0, 0.05) is 6.20 Å². The van der Waals surface area contributed by atoms with E-state index in [1.165, 1.54) is 6.92 Å². The van der Waals surface area contributed by atoms with E-state index < -0.39 is 68.0 Å². The van der Waals surface area contributed by atoms with Gasteiger partial charge < -0.3 is 19.1 Å². The number of aliphatic hydroxyl groups is 1. The summed E-state index contributed by atoms with van der Waals surface area (Å²) in [6.07, 6.45) is -3.95. The molecule has 2 rings (SSSR count). The number of aromatic nitrogens is 2. The Morgan fingerprint density at radius 3 is 2.65 bits per heavy atom. The van der Waals surface area contributed by atoms with Gasteiger partial charge in [-0.2, -0.15) is 0 Å². The van der Waals surface area contributed by atoms with Gasteiger partial charge in [0.2, 0.25) is 0 Å². The number of hydrogen-bond donors (Lipinski definition) is 3. The summed E-state index contributed by atoms with van der Waals surface area (Å²) in [7, 11) is -3.23. The Labute approximate surface area is 184 Å². The molecule has 1 fully saturated rings. The van der Waals surface area contributed by atoms with Gasteiger partial charge >= 0.3 is 11.7 Å². The van der Waals surface area contributed by atoms with Gasteiger partial charge in [0.15, 0.2) is 18.0 Å². The molecule has 1 aromatic heterocycles. The maximum atomic E-state index is 15.2. The zero-order valence-electron chi connectivity index (χ0n) is 17.0. The molecule has 11 nitrogen and oxygen atoms in total. The Balaban J connectivity index is 2.13. The number of aliphatic hydroxyl groups excluding tert-OH is 1. The van der Waals surface area contributed by atoms with E-state index in [0.29, 0.717) is 4.57 Å². The fourth-order valence-electron chi connectivity index (χ4n) is 2.77. The maximum absolute atomic E-state index is 15.2. The minimum atomic E-state index is -3.23. The highest BCUT2D eigenvalue weighted by Gasteiger charge is 2.64. The van der Waals surface area contributed by atoms with Gasteiger partial charge in [-0.25, -0.2) is 18.7 Å². The number of carbonyl (C=O) groups is 1. The van der Waals surface area contributed by atoms with Crippen molar-refractivity contribution in [2.24, 2.45) is 0 Å². The predicted octanol–water partition coefficient (Wildman–Crippen LogP) is 0.919. The minimum absolute atomic E-state index is 0.162. The zero-order chi connectivity index (χ0) is 23.7. The van der Waals surface area contributed by atoms with Crippen LogP contribution in [0.4, 0.5) is 8.78 Å². The van der Waals surface area contributed by atoms with Gasteiger partial charge in [-0.15, -0.1) is 0 Å². The first-order valence-electron chi connectivity index (χ1n) is 9.07. The molecule has 0 spiro atoms. The fourth-order valence-corrected chi connectivity index (χ4v) is 3.98. The lowest BCUT2D eigenvalue weighted by Gasteiger charge is -2.25. The van der Waals surface area contributed by atoms with Crippen LogP contribution < -0.4 is 16.3 Å². The number of alkyl halides is 2. The van der Waals surface area contributed by atoms with Crippen molar-refractivity contribution < 1.29 is 37.2 Å². The smallest absolute Gasteiger partial charge is 0.330 e. The summed E-state index contributed by atoms with van der Waals surface area (Å²) in [4.78, 5) is 37.1. The molecule has 6 atom stereocenters. The van der Waals surface area contributed by atoms with Crippen LogP contribution in [0.3, 0.4) is 0 Å². The third-order valence-corrected chi connectivity index (χ3v) is 5.99. The number of nitrogens with zero attached hydrogens (tertiary/aromatic N) is 1. The van der Waals surface area contributed by atoms with E-state index in [2.05, 4.69) is 21.0 Å². The van der Waals surface area contributed by atoms with Crippen molar-refractivity contribution in [1.82, 2.24) is 14.6 Å². The molecule has 0 amide bonds. The number of rotatable bonds is 8. The minimum Gasteiger partial charge on any atom is -0.462 e. The molecule has 1 aliphatic rings. The summed E-state index contributed by atoms with van der Waals surface area (Å²) in [6.45, 7) is 4.19. The number of nitrogens with one attached hydrogen (secondary N) is 2. The Bertz CT molecular complexity index is 971. The quantitative estimate of drug-likeness (QED) is 0.327. The number of carbonyl (C=O) groups excluding carboxylic acids is 1. The highest BCUT2D eigenvalue weighted by atomic mass is 79.9. The fraction of sp³-hybridized carbons (Fsp3) is 0.688. The summed E-state index contributed by atoms with van der Waals surface area (Å²) < 4.78 is 57.5. The second-order valence-electron chi connectivity index (χ2n) is 7.38. The molecule has 0 bridgehead atoms. The molecule has 15 heteroatoms. The van der Waals surface area contributed by atoms with Crippen LogP contribution in [0.1, 0.15) is 33.9 Å². The molecule has 176 valence electrons. The monoisotopic (exact) mass is 533 g/mol. The Kier molecular flexibility index (Phi) is 7.99. The molecule has 3 N–H and O–H groups in total. The van der Waals surface area contributed by atoms with Crippen LogP contribution in [0.25, 0.3) is 0 Å². The highest BCUT2D eigenvalue weighted by molar-refractivity contribution is 9.10. The zero-order valence-corrected chi connectivity index (χ0v) is 19.6.